The van der Waals surface area contributed by atoms with E-state index < -0.39 is 0 Å². The molecule has 1 heterocycles. The minimum absolute atomic E-state index is 0. The largest absolute Gasteiger partial charge is 2.00 e. The van der Waals surface area contributed by atoms with Crippen molar-refractivity contribution < 1.29 is 21.2 Å². The van der Waals surface area contributed by atoms with E-state index in [1.165, 1.54) is 253 Å². The number of benzene rings is 2. The maximum absolute atomic E-state index is 11.2. The second kappa shape index (κ2) is 50.9. The van der Waals surface area contributed by atoms with Crippen LogP contribution in [0.4, 0.5) is 0 Å². The zero-order chi connectivity index (χ0) is 49.4. The van der Waals surface area contributed by atoms with Gasteiger partial charge in [-0.2, -0.15) is 12.8 Å². The van der Waals surface area contributed by atoms with Crippen molar-refractivity contribution in [1.29, 1.82) is 0 Å². The second-order valence-electron chi connectivity index (χ2n) is 20.7. The topological polar surface area (TPSA) is 25.3 Å². The number of allylic oxidation sites excluding steroid dienone is 2. The summed E-state index contributed by atoms with van der Waals surface area (Å²) in [4.78, 5) is 0. The summed E-state index contributed by atoms with van der Waals surface area (Å²) in [6, 6.07) is 17.5. The summed E-state index contributed by atoms with van der Waals surface area (Å²) in [6.45, 7) is 19.0. The molecule has 2 aromatic rings. The molecular weight excluding hydrogens is 879 g/mol. The fourth-order valence-electron chi connectivity index (χ4n) is 9.51. The Bertz CT molecular complexity index is 1390. The molecular formula is C66H114N2Ni. The van der Waals surface area contributed by atoms with Gasteiger partial charge in [0, 0.05) is 22.8 Å². The third-order valence-electron chi connectivity index (χ3n) is 14.2. The Morgan fingerprint density at radius 3 is 0.884 bits per heavy atom. The van der Waals surface area contributed by atoms with Crippen molar-refractivity contribution in [2.24, 2.45) is 0 Å². The van der Waals surface area contributed by atoms with E-state index in [-0.39, 0.29) is 16.5 Å². The van der Waals surface area contributed by atoms with E-state index in [9.17, 15) is 5.53 Å². The van der Waals surface area contributed by atoms with Crippen LogP contribution in [-0.2, 0) is 29.3 Å². The van der Waals surface area contributed by atoms with Crippen LogP contribution in [0.15, 0.2) is 60.2 Å². The first-order valence-corrected chi connectivity index (χ1v) is 30.2. The molecule has 0 aliphatic carbocycles. The van der Waals surface area contributed by atoms with Crippen molar-refractivity contribution in [3.05, 3.63) is 102 Å². The third-order valence-corrected chi connectivity index (χ3v) is 14.2. The molecule has 0 aromatic heterocycles. The van der Waals surface area contributed by atoms with Crippen LogP contribution in [0, 0.1) is 13.8 Å². The van der Waals surface area contributed by atoms with E-state index in [2.05, 4.69) is 103 Å². The van der Waals surface area contributed by atoms with E-state index in [1.807, 2.05) is 0 Å². The molecule has 1 aliphatic rings. The molecule has 2 aromatic carbocycles. The predicted octanol–water partition coefficient (Wildman–Crippen LogP) is 23.3. The molecule has 0 fully saturated rings. The predicted molar refractivity (Wildman–Crippen MR) is 307 cm³/mol. The van der Waals surface area contributed by atoms with Gasteiger partial charge in [-0.15, -0.1) is 0 Å². The smallest absolute Gasteiger partial charge is 0.493 e. The van der Waals surface area contributed by atoms with Crippen molar-refractivity contribution in [2.45, 2.75) is 311 Å². The standard InChI is InChI=1S/C28H36N2.2C19H39.Ni/c1-4-7-10-22-13-17-24(18-14-22)27-21-26(12-9-6-3)28(30(27)29)25-19-15-23(16-20-25)11-8-5-2;2*1-3-5-7-9-11-13-15-17-19-18-16-14-12-10-8-6-4-2;/h13-21H,4-12H2,1-3H3;2*1,3-19H2,2H3;/q;2*-1;+2. The molecule has 0 saturated heterocycles. The fraction of sp³-hybridized carbons (Fsp3) is 0.727. The van der Waals surface area contributed by atoms with Gasteiger partial charge >= 0.3 is 16.5 Å². The molecule has 1 aliphatic heterocycles. The number of unbranched alkanes of at least 4 members (excludes halogenated alkanes) is 35. The second-order valence-corrected chi connectivity index (χ2v) is 20.7. The zero-order valence-electron chi connectivity index (χ0n) is 46.7. The van der Waals surface area contributed by atoms with E-state index >= 15 is 0 Å². The molecule has 0 radical (unpaired) electrons. The van der Waals surface area contributed by atoms with E-state index in [1.54, 1.807) is 0 Å². The van der Waals surface area contributed by atoms with Gasteiger partial charge in [-0.25, -0.2) is 4.70 Å². The van der Waals surface area contributed by atoms with E-state index in [0.29, 0.717) is 0 Å². The first kappa shape index (κ1) is 67.0. The van der Waals surface area contributed by atoms with Gasteiger partial charge in [0.2, 0.25) is 11.4 Å². The van der Waals surface area contributed by atoms with Gasteiger partial charge in [-0.1, -0.05) is 284 Å². The first-order valence-electron chi connectivity index (χ1n) is 30.2. The van der Waals surface area contributed by atoms with Crippen LogP contribution < -0.4 is 0 Å². The third kappa shape index (κ3) is 36.6. The molecule has 0 spiro atoms. The van der Waals surface area contributed by atoms with E-state index in [4.69, 9.17) is 0 Å². The molecule has 0 unspecified atom stereocenters. The van der Waals surface area contributed by atoms with Gasteiger partial charge in [-0.3, -0.25) is 0 Å². The molecule has 398 valence electrons. The molecule has 0 amide bonds. The fourth-order valence-corrected chi connectivity index (χ4v) is 9.51. The van der Waals surface area contributed by atoms with Gasteiger partial charge in [0.25, 0.3) is 0 Å². The number of hydrogen-bond donors (Lipinski definition) is 0. The van der Waals surface area contributed by atoms with Crippen LogP contribution in [0.2, 0.25) is 0 Å². The van der Waals surface area contributed by atoms with Gasteiger partial charge in [-0.05, 0) is 73.9 Å². The Kier molecular flexibility index (Phi) is 49.5. The molecule has 3 rings (SSSR count). The normalized spacial score (nSPS) is 12.1. The van der Waals surface area contributed by atoms with Crippen molar-refractivity contribution in [3.63, 3.8) is 0 Å². The number of rotatable bonds is 43. The molecule has 69 heavy (non-hydrogen) atoms. The van der Waals surface area contributed by atoms with Crippen LogP contribution in [0.25, 0.3) is 16.9 Å². The van der Waals surface area contributed by atoms with Crippen LogP contribution in [0.1, 0.15) is 320 Å². The summed E-state index contributed by atoms with van der Waals surface area (Å²) in [5.74, 6) is 0. The maximum Gasteiger partial charge on any atom is 2.00 e. The molecule has 3 heteroatoms. The molecule has 0 bridgehead atoms. The Hall–Kier alpha value is -1.99. The van der Waals surface area contributed by atoms with Crippen molar-refractivity contribution >= 4 is 11.4 Å². The van der Waals surface area contributed by atoms with Gasteiger partial charge in [0.1, 0.15) is 0 Å². The van der Waals surface area contributed by atoms with E-state index in [0.717, 1.165) is 67.5 Å². The van der Waals surface area contributed by atoms with Crippen molar-refractivity contribution in [1.82, 2.24) is 0 Å². The first-order chi connectivity index (χ1) is 33.5. The Morgan fingerprint density at radius 1 is 0.333 bits per heavy atom. The number of hydrogen-bond acceptors (Lipinski definition) is 0. The molecule has 0 atom stereocenters. The molecule has 0 saturated carbocycles. The molecule has 2 nitrogen and oxygen atoms in total. The number of aryl methyl sites for hydroxylation is 2. The van der Waals surface area contributed by atoms with Gasteiger partial charge < -0.3 is 19.4 Å². The summed E-state index contributed by atoms with van der Waals surface area (Å²) < 4.78 is 1.41. The zero-order valence-corrected chi connectivity index (χ0v) is 47.7. The van der Waals surface area contributed by atoms with Gasteiger partial charge in [0.05, 0.1) is 0 Å². The monoisotopic (exact) mass is 993 g/mol. The van der Waals surface area contributed by atoms with Crippen LogP contribution in [-0.4, -0.2) is 4.70 Å². The minimum atomic E-state index is 0. The summed E-state index contributed by atoms with van der Waals surface area (Å²) >= 11 is 0. The van der Waals surface area contributed by atoms with Crippen molar-refractivity contribution in [3.8, 4) is 0 Å². The summed E-state index contributed by atoms with van der Waals surface area (Å²) in [6.07, 6.45) is 61.2. The Labute approximate surface area is 442 Å². The van der Waals surface area contributed by atoms with Crippen LogP contribution >= 0.6 is 0 Å². The number of nitrogens with zero attached hydrogens (tertiary/aromatic N) is 2. The van der Waals surface area contributed by atoms with Gasteiger partial charge in [0.15, 0.2) is 0 Å². The minimum Gasteiger partial charge on any atom is -0.493 e. The maximum atomic E-state index is 11.2. The average Bonchev–Trinajstić information content (AvgIpc) is 3.70. The van der Waals surface area contributed by atoms with Crippen LogP contribution in [0.3, 0.4) is 0 Å². The Balaban J connectivity index is 0.00000105. The Morgan fingerprint density at radius 2 is 0.594 bits per heavy atom. The average molecular weight is 994 g/mol. The molecule has 0 N–H and O–H groups in total. The van der Waals surface area contributed by atoms with Crippen LogP contribution in [0.5, 0.6) is 0 Å². The van der Waals surface area contributed by atoms with Crippen molar-refractivity contribution in [2.75, 3.05) is 0 Å². The quantitative estimate of drug-likeness (QED) is 0.0274. The SMILES string of the molecule is CCCCC1=C(c2ccc(CCCC)cc2)[N+](=[N-])C(c2ccc(CCCC)cc2)=C1.[CH2-]CCCCCCCCCCCCCCCCCC.[CH2-]CCCCCCCCCCCCCCCCCC.[Ni+2]. The summed E-state index contributed by atoms with van der Waals surface area (Å²) in [7, 11) is 0. The summed E-state index contributed by atoms with van der Waals surface area (Å²) in [5.41, 5.74) is 19.1. The summed E-state index contributed by atoms with van der Waals surface area (Å²) in [5, 5.41) is 0.